The number of carboxylic acid groups (broad SMARTS) is 1. The average Bonchev–Trinajstić information content (AvgIpc) is 3.49. The first-order valence-corrected chi connectivity index (χ1v) is 13.8. The molecule has 0 saturated carbocycles. The summed E-state index contributed by atoms with van der Waals surface area (Å²) in [5, 5.41) is 20.1. The molecule has 1 aliphatic rings. The number of carboxylic acids is 1. The predicted molar refractivity (Wildman–Crippen MR) is 135 cm³/mol. The molecule has 2 aromatic rings. The Morgan fingerprint density at radius 3 is 2.69 bits per heavy atom. The van der Waals surface area contributed by atoms with Crippen molar-refractivity contribution in [1.82, 2.24) is 25.1 Å². The van der Waals surface area contributed by atoms with Crippen LogP contribution in [0.25, 0.3) is 0 Å². The Balaban J connectivity index is 1.73. The van der Waals surface area contributed by atoms with Crippen molar-refractivity contribution in [2.24, 2.45) is 5.73 Å². The van der Waals surface area contributed by atoms with Gasteiger partial charge in [-0.2, -0.15) is 0 Å². The number of rotatable bonds is 11. The molecule has 36 heavy (non-hydrogen) atoms. The summed E-state index contributed by atoms with van der Waals surface area (Å²) in [6.45, 7) is 1.84. The van der Waals surface area contributed by atoms with Gasteiger partial charge in [0.1, 0.15) is 17.0 Å². The molecule has 4 amide bonds. The minimum atomic E-state index is -1.05. The van der Waals surface area contributed by atoms with E-state index >= 15 is 0 Å². The number of piperidine rings is 1. The van der Waals surface area contributed by atoms with Crippen molar-refractivity contribution in [1.29, 1.82) is 0 Å². The van der Waals surface area contributed by atoms with Gasteiger partial charge in [-0.15, -0.1) is 28.2 Å². The van der Waals surface area contributed by atoms with Gasteiger partial charge in [-0.3, -0.25) is 24.0 Å². The van der Waals surface area contributed by atoms with Crippen molar-refractivity contribution >= 4 is 64.2 Å². The van der Waals surface area contributed by atoms with E-state index in [2.05, 4.69) is 20.2 Å². The molecule has 0 radical (unpaired) electrons. The number of primary amides is 1. The fourth-order valence-corrected chi connectivity index (χ4v) is 5.69. The minimum absolute atomic E-state index is 0.114. The Hall–Kier alpha value is -3.04. The molecule has 0 bridgehead atoms. The lowest BCUT2D eigenvalue weighted by Crippen LogP contribution is -2.60. The van der Waals surface area contributed by atoms with Gasteiger partial charge in [0.2, 0.25) is 17.7 Å². The van der Waals surface area contributed by atoms with Crippen LogP contribution in [0.15, 0.2) is 17.5 Å². The second-order valence-electron chi connectivity index (χ2n) is 8.12. The van der Waals surface area contributed by atoms with Crippen molar-refractivity contribution in [3.05, 3.63) is 33.0 Å². The highest BCUT2D eigenvalue weighted by Gasteiger charge is 2.38. The highest BCUT2D eigenvalue weighted by Crippen LogP contribution is 2.21. The summed E-state index contributed by atoms with van der Waals surface area (Å²) in [5.41, 5.74) is 6.02. The summed E-state index contributed by atoms with van der Waals surface area (Å²) in [6.07, 6.45) is 0.721. The molecule has 0 spiro atoms. The van der Waals surface area contributed by atoms with Gasteiger partial charge in [-0.25, -0.2) is 0 Å². The Morgan fingerprint density at radius 1 is 1.31 bits per heavy atom. The van der Waals surface area contributed by atoms with Gasteiger partial charge in [0.15, 0.2) is 0 Å². The van der Waals surface area contributed by atoms with E-state index < -0.39 is 41.8 Å². The first-order chi connectivity index (χ1) is 17.2. The standard InChI is InChI=1S/C21H26N6O6S3/c1-11-18(36-26-25-11)21(33)23-12-4-5-27(16(28)9-34-10-17(29)30)15(7-12)20(32)24-14(19(22)31)8-13-3-2-6-35-13/h2-3,6,12,14-15H,4-5,7-10H2,1H3,(H2,22,31)(H,23,33)(H,24,32)(H,29,30). The number of carbonyl (C=O) groups is 5. The van der Waals surface area contributed by atoms with Crippen LogP contribution >= 0.6 is 34.6 Å². The van der Waals surface area contributed by atoms with Crippen LogP contribution < -0.4 is 16.4 Å². The zero-order valence-corrected chi connectivity index (χ0v) is 21.8. The number of nitrogens with one attached hydrogen (secondary N) is 2. The lowest BCUT2D eigenvalue weighted by atomic mass is 9.95. The number of hydrogen-bond donors (Lipinski definition) is 4. The number of thioether (sulfide) groups is 1. The zero-order valence-electron chi connectivity index (χ0n) is 19.3. The van der Waals surface area contributed by atoms with Gasteiger partial charge in [-0.1, -0.05) is 10.6 Å². The summed E-state index contributed by atoms with van der Waals surface area (Å²) >= 11 is 3.32. The summed E-state index contributed by atoms with van der Waals surface area (Å²) in [7, 11) is 0. The minimum Gasteiger partial charge on any atom is -0.481 e. The topological polar surface area (TPSA) is 185 Å². The van der Waals surface area contributed by atoms with Crippen molar-refractivity contribution in [3.8, 4) is 0 Å². The molecule has 3 heterocycles. The molecule has 194 valence electrons. The summed E-state index contributed by atoms with van der Waals surface area (Å²) in [6, 6.07) is 1.27. The van der Waals surface area contributed by atoms with E-state index in [-0.39, 0.29) is 36.8 Å². The monoisotopic (exact) mass is 554 g/mol. The molecule has 1 fully saturated rings. The van der Waals surface area contributed by atoms with Crippen molar-refractivity contribution in [2.45, 2.75) is 44.3 Å². The van der Waals surface area contributed by atoms with E-state index in [9.17, 15) is 24.0 Å². The predicted octanol–water partition coefficient (Wildman–Crippen LogP) is 0.0280. The smallest absolute Gasteiger partial charge is 0.313 e. The van der Waals surface area contributed by atoms with Crippen LogP contribution in [0.1, 0.15) is 33.1 Å². The number of thiophene rings is 1. The average molecular weight is 555 g/mol. The maximum absolute atomic E-state index is 13.3. The third kappa shape index (κ3) is 7.48. The molecule has 0 aliphatic carbocycles. The fraction of sp³-hybridized carbons (Fsp3) is 0.476. The normalized spacial score (nSPS) is 18.3. The van der Waals surface area contributed by atoms with E-state index in [0.717, 1.165) is 28.2 Å². The van der Waals surface area contributed by atoms with Crippen LogP contribution in [0.2, 0.25) is 0 Å². The first kappa shape index (κ1) is 27.5. The maximum atomic E-state index is 13.3. The number of hydrogen-bond acceptors (Lipinski definition) is 10. The number of nitrogens with two attached hydrogens (primary N) is 1. The molecular weight excluding hydrogens is 528 g/mol. The molecule has 3 rings (SSSR count). The van der Waals surface area contributed by atoms with E-state index in [1.165, 1.54) is 16.2 Å². The number of aryl methyl sites for hydroxylation is 1. The second-order valence-corrected chi connectivity index (χ2v) is 10.9. The highest BCUT2D eigenvalue weighted by atomic mass is 32.2. The summed E-state index contributed by atoms with van der Waals surface area (Å²) in [5.74, 6) is -3.45. The fourth-order valence-electron chi connectivity index (χ4n) is 3.76. The Morgan fingerprint density at radius 2 is 2.08 bits per heavy atom. The number of aromatic nitrogens is 2. The van der Waals surface area contributed by atoms with Crippen LogP contribution in [-0.2, 0) is 25.6 Å². The molecule has 0 aromatic carbocycles. The maximum Gasteiger partial charge on any atom is 0.313 e. The largest absolute Gasteiger partial charge is 0.481 e. The highest BCUT2D eigenvalue weighted by molar-refractivity contribution is 8.00. The number of carbonyl (C=O) groups excluding carboxylic acids is 4. The summed E-state index contributed by atoms with van der Waals surface area (Å²) < 4.78 is 3.76. The molecule has 15 heteroatoms. The summed E-state index contributed by atoms with van der Waals surface area (Å²) in [4.78, 5) is 64.3. The zero-order chi connectivity index (χ0) is 26.2. The van der Waals surface area contributed by atoms with Crippen molar-refractivity contribution in [3.63, 3.8) is 0 Å². The van der Waals surface area contributed by atoms with Gasteiger partial charge in [0.05, 0.1) is 17.2 Å². The van der Waals surface area contributed by atoms with Crippen LogP contribution in [-0.4, -0.2) is 85.4 Å². The molecular formula is C21H26N6O6S3. The molecule has 12 nitrogen and oxygen atoms in total. The number of likely N-dealkylation sites (tertiary alicyclic amines) is 1. The quantitative estimate of drug-likeness (QED) is 0.297. The van der Waals surface area contributed by atoms with Gasteiger partial charge >= 0.3 is 5.97 Å². The Kier molecular flexibility index (Phi) is 9.78. The first-order valence-electron chi connectivity index (χ1n) is 11.0. The van der Waals surface area contributed by atoms with Crippen LogP contribution in [0.5, 0.6) is 0 Å². The van der Waals surface area contributed by atoms with Crippen LogP contribution in [0, 0.1) is 6.92 Å². The number of amides is 4. The van der Waals surface area contributed by atoms with Gasteiger partial charge in [-0.05, 0) is 42.7 Å². The van der Waals surface area contributed by atoms with Gasteiger partial charge in [0.25, 0.3) is 5.91 Å². The number of aliphatic carboxylic acids is 1. The SMILES string of the molecule is Cc1nnsc1C(=O)NC1CCN(C(=O)CSCC(=O)O)C(C(=O)NC(Cc2cccs2)C(N)=O)C1. The van der Waals surface area contributed by atoms with Crippen molar-refractivity contribution < 1.29 is 29.1 Å². The van der Waals surface area contributed by atoms with E-state index in [4.69, 9.17) is 10.8 Å². The van der Waals surface area contributed by atoms with Gasteiger partial charge < -0.3 is 26.4 Å². The van der Waals surface area contributed by atoms with E-state index in [0.29, 0.717) is 17.0 Å². The van der Waals surface area contributed by atoms with E-state index in [1.807, 2.05) is 17.5 Å². The Bertz CT molecular complexity index is 1110. The molecule has 2 aromatic heterocycles. The van der Waals surface area contributed by atoms with Crippen molar-refractivity contribution in [2.75, 3.05) is 18.1 Å². The molecule has 3 unspecified atom stereocenters. The molecule has 1 saturated heterocycles. The van der Waals surface area contributed by atoms with Crippen LogP contribution in [0.4, 0.5) is 0 Å². The lowest BCUT2D eigenvalue weighted by Gasteiger charge is -2.39. The molecule has 1 aliphatic heterocycles. The van der Waals surface area contributed by atoms with Gasteiger partial charge in [0, 0.05) is 23.9 Å². The number of nitrogens with zero attached hydrogens (tertiary/aromatic N) is 3. The van der Waals surface area contributed by atoms with Crippen LogP contribution in [0.3, 0.4) is 0 Å². The molecule has 5 N–H and O–H groups in total. The third-order valence-corrected chi connectivity index (χ3v) is 8.14. The second kappa shape index (κ2) is 12.8. The lowest BCUT2D eigenvalue weighted by molar-refractivity contribution is -0.141. The Labute approximate surface area is 219 Å². The molecule has 3 atom stereocenters. The third-order valence-electron chi connectivity index (χ3n) is 5.51. The van der Waals surface area contributed by atoms with E-state index in [1.54, 1.807) is 6.92 Å².